The van der Waals surface area contributed by atoms with Crippen LogP contribution < -0.4 is 4.74 Å². The summed E-state index contributed by atoms with van der Waals surface area (Å²) in [5, 5.41) is 0. The van der Waals surface area contributed by atoms with Gasteiger partial charge in [-0.1, -0.05) is 43.3 Å². The Morgan fingerprint density at radius 2 is 1.83 bits per heavy atom. The van der Waals surface area contributed by atoms with Gasteiger partial charge in [0.2, 0.25) is 0 Å². The lowest BCUT2D eigenvalue weighted by Crippen LogP contribution is -2.46. The van der Waals surface area contributed by atoms with Crippen LogP contribution in [0, 0.1) is 5.82 Å². The highest BCUT2D eigenvalue weighted by molar-refractivity contribution is 7.91. The first-order valence-corrected chi connectivity index (χ1v) is 11.6. The first-order chi connectivity index (χ1) is 13.8. The molecule has 2 aromatic rings. The van der Waals surface area contributed by atoms with Gasteiger partial charge in [-0.25, -0.2) is 12.8 Å². The van der Waals surface area contributed by atoms with E-state index in [1.165, 1.54) is 17.7 Å². The molecule has 5 nitrogen and oxygen atoms in total. The van der Waals surface area contributed by atoms with Crippen LogP contribution in [0.5, 0.6) is 5.75 Å². The summed E-state index contributed by atoms with van der Waals surface area (Å²) in [5.74, 6) is -0.886. The van der Waals surface area contributed by atoms with Crippen LogP contribution in [0.1, 0.15) is 31.4 Å². The predicted octanol–water partition coefficient (Wildman–Crippen LogP) is 3.37. The van der Waals surface area contributed by atoms with Gasteiger partial charge in [0.15, 0.2) is 27.5 Å². The Bertz CT molecular complexity index is 959. The first kappa shape index (κ1) is 21.3. The van der Waals surface area contributed by atoms with E-state index in [0.29, 0.717) is 6.42 Å². The third-order valence-corrected chi connectivity index (χ3v) is 6.95. The van der Waals surface area contributed by atoms with Crippen molar-refractivity contribution >= 4 is 15.7 Å². The molecule has 2 aromatic carbocycles. The number of ether oxygens (including phenoxy) is 1. The number of halogens is 1. The SMILES string of the molecule is CCc1ccc(CN(C(=O)[C@@H](C)Oc2ccccc2F)[C@H]2CCS(=O)(=O)C2)cc1. The number of benzene rings is 2. The van der Waals surface area contributed by atoms with Crippen molar-refractivity contribution in [1.29, 1.82) is 0 Å². The quantitative estimate of drug-likeness (QED) is 0.690. The third-order valence-electron chi connectivity index (χ3n) is 5.20. The van der Waals surface area contributed by atoms with Crippen LogP contribution in [0.25, 0.3) is 0 Å². The molecule has 0 bridgehead atoms. The maximum Gasteiger partial charge on any atom is 0.263 e. The van der Waals surface area contributed by atoms with Crippen LogP contribution in [0.4, 0.5) is 4.39 Å². The maximum absolute atomic E-state index is 13.9. The molecule has 1 aliphatic rings. The second-order valence-corrected chi connectivity index (χ2v) is 9.61. The topological polar surface area (TPSA) is 63.7 Å². The standard InChI is InChI=1S/C22H26FNO4S/c1-3-17-8-10-18(11-9-17)14-24(19-12-13-29(26,27)15-19)22(25)16(2)28-21-7-5-4-6-20(21)23/h4-11,16,19H,3,12-15H2,1-2H3/t16-,19+/m1/s1. The van der Waals surface area contributed by atoms with E-state index in [1.807, 2.05) is 24.3 Å². The summed E-state index contributed by atoms with van der Waals surface area (Å²) in [4.78, 5) is 14.7. The van der Waals surface area contributed by atoms with E-state index in [-0.39, 0.29) is 29.7 Å². The zero-order valence-corrected chi connectivity index (χ0v) is 17.5. The lowest BCUT2D eigenvalue weighted by Gasteiger charge is -2.31. The molecule has 156 valence electrons. The van der Waals surface area contributed by atoms with Crippen LogP contribution in [0.2, 0.25) is 0 Å². The van der Waals surface area contributed by atoms with Gasteiger partial charge in [0, 0.05) is 12.6 Å². The Labute approximate surface area is 171 Å². The van der Waals surface area contributed by atoms with E-state index in [1.54, 1.807) is 24.0 Å². The average molecular weight is 420 g/mol. The molecule has 0 aromatic heterocycles. The summed E-state index contributed by atoms with van der Waals surface area (Å²) in [5.41, 5.74) is 2.10. The number of nitrogens with zero attached hydrogens (tertiary/aromatic N) is 1. The van der Waals surface area contributed by atoms with Crippen molar-refractivity contribution in [3.05, 3.63) is 65.5 Å². The lowest BCUT2D eigenvalue weighted by molar-refractivity contribution is -0.140. The highest BCUT2D eigenvalue weighted by Crippen LogP contribution is 2.23. The maximum atomic E-state index is 13.9. The normalized spacial score (nSPS) is 18.9. The smallest absolute Gasteiger partial charge is 0.263 e. The van der Waals surface area contributed by atoms with Gasteiger partial charge in [0.05, 0.1) is 11.5 Å². The third kappa shape index (κ3) is 5.35. The van der Waals surface area contributed by atoms with Crippen LogP contribution in [-0.2, 0) is 27.6 Å². The largest absolute Gasteiger partial charge is 0.478 e. The number of hydrogen-bond donors (Lipinski definition) is 0. The van der Waals surface area contributed by atoms with Crippen LogP contribution in [0.3, 0.4) is 0 Å². The summed E-state index contributed by atoms with van der Waals surface area (Å²) in [6.45, 7) is 3.91. The molecule has 0 spiro atoms. The van der Waals surface area contributed by atoms with Crippen molar-refractivity contribution in [1.82, 2.24) is 4.90 Å². The summed E-state index contributed by atoms with van der Waals surface area (Å²) in [6.07, 6.45) is 0.371. The number of hydrogen-bond acceptors (Lipinski definition) is 4. The Kier molecular flexibility index (Phi) is 6.57. The molecule has 29 heavy (non-hydrogen) atoms. The molecular formula is C22H26FNO4S. The average Bonchev–Trinajstić information content (AvgIpc) is 3.07. The molecule has 3 rings (SSSR count). The second kappa shape index (κ2) is 8.95. The van der Waals surface area contributed by atoms with Crippen molar-refractivity contribution in [2.75, 3.05) is 11.5 Å². The van der Waals surface area contributed by atoms with Gasteiger partial charge in [-0.2, -0.15) is 0 Å². The molecule has 7 heteroatoms. The Morgan fingerprint density at radius 1 is 1.17 bits per heavy atom. The highest BCUT2D eigenvalue weighted by atomic mass is 32.2. The Balaban J connectivity index is 1.81. The summed E-state index contributed by atoms with van der Waals surface area (Å²) >= 11 is 0. The molecule has 0 aliphatic carbocycles. The summed E-state index contributed by atoms with van der Waals surface area (Å²) in [7, 11) is -3.16. The monoisotopic (exact) mass is 419 g/mol. The van der Waals surface area contributed by atoms with Crippen molar-refractivity contribution in [2.45, 2.75) is 45.4 Å². The van der Waals surface area contributed by atoms with Gasteiger partial charge in [0.1, 0.15) is 0 Å². The molecule has 1 fully saturated rings. The fourth-order valence-corrected chi connectivity index (χ4v) is 5.23. The minimum atomic E-state index is -3.16. The molecule has 0 radical (unpaired) electrons. The molecular weight excluding hydrogens is 393 g/mol. The second-order valence-electron chi connectivity index (χ2n) is 7.38. The zero-order valence-electron chi connectivity index (χ0n) is 16.7. The molecule has 2 atom stereocenters. The molecule has 1 heterocycles. The number of rotatable bonds is 7. The molecule has 0 unspecified atom stereocenters. The van der Waals surface area contributed by atoms with Crippen LogP contribution >= 0.6 is 0 Å². The van der Waals surface area contributed by atoms with Gasteiger partial charge in [-0.05, 0) is 43.0 Å². The van der Waals surface area contributed by atoms with Crippen LogP contribution in [-0.4, -0.2) is 42.9 Å². The number of aryl methyl sites for hydroxylation is 1. The van der Waals surface area contributed by atoms with Crippen molar-refractivity contribution in [2.24, 2.45) is 0 Å². The van der Waals surface area contributed by atoms with Gasteiger partial charge in [0.25, 0.3) is 5.91 Å². The molecule has 0 N–H and O–H groups in total. The van der Waals surface area contributed by atoms with Crippen molar-refractivity contribution in [3.63, 3.8) is 0 Å². The zero-order chi connectivity index (χ0) is 21.0. The number of carbonyl (C=O) groups excluding carboxylic acids is 1. The minimum Gasteiger partial charge on any atom is -0.478 e. The fraction of sp³-hybridized carbons (Fsp3) is 0.409. The molecule has 1 saturated heterocycles. The van der Waals surface area contributed by atoms with E-state index in [2.05, 4.69) is 6.92 Å². The van der Waals surface area contributed by atoms with Gasteiger partial charge in [-0.3, -0.25) is 4.79 Å². The van der Waals surface area contributed by atoms with Crippen LogP contribution in [0.15, 0.2) is 48.5 Å². The number of amides is 1. The summed E-state index contributed by atoms with van der Waals surface area (Å²) in [6, 6.07) is 13.4. The molecule has 1 aliphatic heterocycles. The van der Waals surface area contributed by atoms with Crippen molar-refractivity contribution < 1.29 is 22.3 Å². The lowest BCUT2D eigenvalue weighted by atomic mass is 10.1. The van der Waals surface area contributed by atoms with Gasteiger partial charge < -0.3 is 9.64 Å². The summed E-state index contributed by atoms with van der Waals surface area (Å²) < 4.78 is 43.4. The predicted molar refractivity (Wildman–Crippen MR) is 110 cm³/mol. The van der Waals surface area contributed by atoms with E-state index in [4.69, 9.17) is 4.74 Å². The number of para-hydroxylation sites is 1. The molecule has 1 amide bonds. The number of carbonyl (C=O) groups is 1. The number of sulfone groups is 1. The highest BCUT2D eigenvalue weighted by Gasteiger charge is 2.36. The van der Waals surface area contributed by atoms with E-state index in [9.17, 15) is 17.6 Å². The van der Waals surface area contributed by atoms with E-state index in [0.717, 1.165) is 12.0 Å². The minimum absolute atomic E-state index is 0.000331. The fourth-order valence-electron chi connectivity index (χ4n) is 3.50. The van der Waals surface area contributed by atoms with E-state index < -0.39 is 27.8 Å². The van der Waals surface area contributed by atoms with Gasteiger partial charge in [-0.15, -0.1) is 0 Å². The molecule has 0 saturated carbocycles. The van der Waals surface area contributed by atoms with Crippen molar-refractivity contribution in [3.8, 4) is 5.75 Å². The first-order valence-electron chi connectivity index (χ1n) is 9.79. The van der Waals surface area contributed by atoms with E-state index >= 15 is 0 Å². The Morgan fingerprint density at radius 3 is 2.41 bits per heavy atom. The van der Waals surface area contributed by atoms with Gasteiger partial charge >= 0.3 is 0 Å². The Hall–Kier alpha value is -2.41.